The van der Waals surface area contributed by atoms with Crippen molar-refractivity contribution in [2.24, 2.45) is 0 Å². The van der Waals surface area contributed by atoms with Crippen LogP contribution in [0.25, 0.3) is 9.92 Å². The van der Waals surface area contributed by atoms with E-state index >= 15 is 0 Å². The van der Waals surface area contributed by atoms with E-state index in [4.69, 9.17) is 32.7 Å². The molecular weight excluding hydrogens is 591 g/mol. The number of benzene rings is 2. The molecule has 14 heteroatoms. The number of nitrogens with zero attached hydrogens (tertiary/aromatic N) is 8. The van der Waals surface area contributed by atoms with Gasteiger partial charge in [-0.2, -0.15) is 19.2 Å². The van der Waals surface area contributed by atoms with Gasteiger partial charge in [0.25, 0.3) is 0 Å². The summed E-state index contributed by atoms with van der Waals surface area (Å²) in [6, 6.07) is 11.2. The summed E-state index contributed by atoms with van der Waals surface area (Å²) in [4.78, 5) is 1.51. The molecule has 6 aromatic rings. The zero-order valence-electron chi connectivity index (χ0n) is 21.7. The van der Waals surface area contributed by atoms with E-state index in [1.165, 1.54) is 22.7 Å². The van der Waals surface area contributed by atoms with Crippen LogP contribution in [-0.2, 0) is 26.1 Å². The predicted octanol–water partition coefficient (Wildman–Crippen LogP) is 6.33. The molecule has 0 aliphatic carbocycles. The predicted molar refractivity (Wildman–Crippen MR) is 155 cm³/mol. The van der Waals surface area contributed by atoms with Crippen LogP contribution in [0.5, 0.6) is 11.5 Å². The van der Waals surface area contributed by atoms with Gasteiger partial charge >= 0.3 is 0 Å². The molecule has 0 spiro atoms. The Morgan fingerprint density at radius 2 is 1.12 bits per heavy atom. The first-order valence-corrected chi connectivity index (χ1v) is 15.0. The Bertz CT molecular complexity index is 1660. The number of rotatable bonds is 11. The van der Waals surface area contributed by atoms with Gasteiger partial charge in [-0.05, 0) is 74.2 Å². The lowest BCUT2D eigenvalue weighted by Gasteiger charge is -2.05. The van der Waals surface area contributed by atoms with Gasteiger partial charge in [0, 0.05) is 22.9 Å². The van der Waals surface area contributed by atoms with Crippen LogP contribution in [0.1, 0.15) is 45.6 Å². The molecule has 40 heavy (non-hydrogen) atoms. The van der Waals surface area contributed by atoms with E-state index in [0.717, 1.165) is 89.9 Å². The van der Waals surface area contributed by atoms with Crippen molar-refractivity contribution in [3.8, 4) is 11.5 Å². The van der Waals surface area contributed by atoms with Gasteiger partial charge in [0.15, 0.2) is 21.7 Å². The van der Waals surface area contributed by atoms with E-state index in [9.17, 15) is 0 Å². The lowest BCUT2D eigenvalue weighted by Crippen LogP contribution is -2.02. The average Bonchev–Trinajstić information content (AvgIpc) is 3.70. The first-order chi connectivity index (χ1) is 19.4. The van der Waals surface area contributed by atoms with Gasteiger partial charge < -0.3 is 9.47 Å². The largest absolute Gasteiger partial charge is 0.486 e. The number of hydrogen-bond donors (Lipinski definition) is 0. The number of fused-ring (bicyclic) bond motifs is 2. The first-order valence-electron chi connectivity index (χ1n) is 12.6. The highest BCUT2D eigenvalue weighted by Gasteiger charge is 2.15. The zero-order valence-corrected chi connectivity index (χ0v) is 24.8. The molecule has 0 unspecified atom stereocenters. The molecule has 0 radical (unpaired) electrons. The average molecular weight is 616 g/mol. The number of hydrogen-bond acceptors (Lipinski definition) is 10. The molecule has 6 rings (SSSR count). The smallest absolute Gasteiger partial charge is 0.234 e. The molecule has 2 aromatic carbocycles. The molecule has 0 saturated carbocycles. The summed E-state index contributed by atoms with van der Waals surface area (Å²) in [6.45, 7) is 4.61. The van der Waals surface area contributed by atoms with E-state index in [1.54, 1.807) is 9.03 Å². The van der Waals surface area contributed by atoms with Gasteiger partial charge in [0.05, 0.1) is 0 Å². The molecule has 0 amide bonds. The zero-order chi connectivity index (χ0) is 27.6. The minimum atomic E-state index is 0.359. The molecule has 0 N–H and O–H groups in total. The van der Waals surface area contributed by atoms with Gasteiger partial charge in [-0.25, -0.2) is 0 Å². The van der Waals surface area contributed by atoms with E-state index in [1.807, 2.05) is 50.2 Å². The molecule has 0 fully saturated rings. The Morgan fingerprint density at radius 3 is 1.55 bits per heavy atom. The van der Waals surface area contributed by atoms with E-state index in [2.05, 4.69) is 30.6 Å². The highest BCUT2D eigenvalue weighted by Crippen LogP contribution is 2.24. The minimum absolute atomic E-state index is 0.359. The highest BCUT2D eigenvalue weighted by atomic mass is 35.5. The molecular formula is C26H24Cl2N8O2S2. The minimum Gasteiger partial charge on any atom is -0.486 e. The van der Waals surface area contributed by atoms with Crippen LogP contribution >= 0.6 is 45.9 Å². The number of aryl methyl sites for hydroxylation is 4. The van der Waals surface area contributed by atoms with Crippen molar-refractivity contribution in [1.29, 1.82) is 0 Å². The fraction of sp³-hybridized carbons (Fsp3) is 0.308. The first kappa shape index (κ1) is 26.9. The fourth-order valence-electron chi connectivity index (χ4n) is 4.09. The van der Waals surface area contributed by atoms with Crippen LogP contribution in [0.3, 0.4) is 0 Å². The topological polar surface area (TPSA) is 105 Å². The number of aromatic nitrogens is 8. The summed E-state index contributed by atoms with van der Waals surface area (Å²) >= 11 is 15.1. The highest BCUT2D eigenvalue weighted by molar-refractivity contribution is 7.16. The van der Waals surface area contributed by atoms with Crippen molar-refractivity contribution >= 4 is 55.8 Å². The van der Waals surface area contributed by atoms with Crippen LogP contribution in [0.4, 0.5) is 0 Å². The van der Waals surface area contributed by atoms with Crippen molar-refractivity contribution in [3.05, 3.63) is 79.2 Å². The molecule has 0 aliphatic rings. The summed E-state index contributed by atoms with van der Waals surface area (Å²) in [7, 11) is 0. The summed E-state index contributed by atoms with van der Waals surface area (Å²) < 4.78 is 15.4. The van der Waals surface area contributed by atoms with E-state index in [0.29, 0.717) is 13.2 Å². The third-order valence-electron chi connectivity index (χ3n) is 6.23. The van der Waals surface area contributed by atoms with Crippen LogP contribution in [0, 0.1) is 13.8 Å². The Hall–Kier alpha value is -3.32. The molecule has 4 heterocycles. The lowest BCUT2D eigenvalue weighted by molar-refractivity contribution is 0.303. The third-order valence-corrected chi connectivity index (χ3v) is 8.82. The van der Waals surface area contributed by atoms with Crippen molar-refractivity contribution in [3.63, 3.8) is 0 Å². The molecule has 206 valence electrons. The van der Waals surface area contributed by atoms with Crippen LogP contribution < -0.4 is 9.47 Å². The standard InChI is InChI=1S/C26H24Cl2N8O2S2/c1-15-11-17(7-9-19(15)27)37-13-23-33-35-21(29-31-25(35)39-23)5-3-4-6-22-30-32-26-36(22)34-24(40-26)14-38-18-8-10-20(28)16(2)12-18/h7-12H,3-6,13-14H2,1-2H3. The lowest BCUT2D eigenvalue weighted by atomic mass is 10.2. The molecule has 0 saturated heterocycles. The van der Waals surface area contributed by atoms with Crippen molar-refractivity contribution < 1.29 is 9.47 Å². The summed E-state index contributed by atoms with van der Waals surface area (Å²) in [6.07, 6.45) is 3.30. The van der Waals surface area contributed by atoms with Gasteiger partial charge in [-0.15, -0.1) is 20.4 Å². The molecule has 0 atom stereocenters. The second-order valence-electron chi connectivity index (χ2n) is 9.22. The maximum atomic E-state index is 6.10. The van der Waals surface area contributed by atoms with Gasteiger partial charge in [-0.3, -0.25) is 0 Å². The molecule has 0 bridgehead atoms. The van der Waals surface area contributed by atoms with Crippen LogP contribution in [-0.4, -0.2) is 39.6 Å². The number of ether oxygens (including phenoxy) is 2. The molecule has 4 aromatic heterocycles. The van der Waals surface area contributed by atoms with Gasteiger partial charge in [0.2, 0.25) is 9.92 Å². The second-order valence-corrected chi connectivity index (χ2v) is 12.1. The van der Waals surface area contributed by atoms with Gasteiger partial charge in [-0.1, -0.05) is 45.9 Å². The Balaban J connectivity index is 1.01. The SMILES string of the molecule is Cc1cc(OCc2nn3c(CCCCc4nnc5sc(COc6ccc(Cl)c(C)c6)nn45)nnc3s2)ccc1Cl. The maximum Gasteiger partial charge on any atom is 0.234 e. The quantitative estimate of drug-likeness (QED) is 0.156. The summed E-state index contributed by atoms with van der Waals surface area (Å²) in [5.41, 5.74) is 1.94. The summed E-state index contributed by atoms with van der Waals surface area (Å²) in [5, 5.41) is 29.6. The number of halogens is 2. The fourth-order valence-corrected chi connectivity index (χ4v) is 5.86. The number of unbranched alkanes of at least 4 members (excludes halogenated alkanes) is 1. The Morgan fingerprint density at radius 1 is 0.675 bits per heavy atom. The van der Waals surface area contributed by atoms with Crippen molar-refractivity contribution in [2.45, 2.75) is 52.7 Å². The van der Waals surface area contributed by atoms with Crippen molar-refractivity contribution in [1.82, 2.24) is 39.6 Å². The molecule has 0 aliphatic heterocycles. The van der Waals surface area contributed by atoms with Crippen LogP contribution in [0.15, 0.2) is 36.4 Å². The second kappa shape index (κ2) is 11.7. The summed E-state index contributed by atoms with van der Waals surface area (Å²) in [5.74, 6) is 3.17. The van der Waals surface area contributed by atoms with Gasteiger partial charge in [0.1, 0.15) is 24.7 Å². The normalized spacial score (nSPS) is 11.6. The van der Waals surface area contributed by atoms with Crippen molar-refractivity contribution in [2.75, 3.05) is 0 Å². The monoisotopic (exact) mass is 614 g/mol. The van der Waals surface area contributed by atoms with E-state index in [-0.39, 0.29) is 0 Å². The molecule has 10 nitrogen and oxygen atoms in total. The van der Waals surface area contributed by atoms with E-state index < -0.39 is 0 Å². The van der Waals surface area contributed by atoms with Crippen LogP contribution in [0.2, 0.25) is 10.0 Å². The maximum absolute atomic E-state index is 6.10. The Labute approximate surface area is 247 Å². The third kappa shape index (κ3) is 5.90. The Kier molecular flexibility index (Phi) is 7.83.